The van der Waals surface area contributed by atoms with E-state index < -0.39 is 5.97 Å². The summed E-state index contributed by atoms with van der Waals surface area (Å²) in [5.41, 5.74) is 0.351. The molecule has 0 rings (SSSR count). The summed E-state index contributed by atoms with van der Waals surface area (Å²) in [5, 5.41) is 0. The second-order valence-corrected chi connectivity index (χ2v) is 3.12. The van der Waals surface area contributed by atoms with Gasteiger partial charge in [-0.15, -0.1) is 0 Å². The van der Waals surface area contributed by atoms with Crippen LogP contribution in [0.15, 0.2) is 12.2 Å². The van der Waals surface area contributed by atoms with Crippen LogP contribution in [0.4, 0.5) is 0 Å². The maximum absolute atomic E-state index is 10.9. The van der Waals surface area contributed by atoms with E-state index in [2.05, 4.69) is 25.3 Å². The highest BCUT2D eigenvalue weighted by molar-refractivity contribution is 5.86. The van der Waals surface area contributed by atoms with Gasteiger partial charge in [0.05, 0.1) is 6.61 Å². The molecule has 0 aliphatic heterocycles. The molecule has 0 saturated heterocycles. The zero-order valence-corrected chi connectivity index (χ0v) is 8.63. The van der Waals surface area contributed by atoms with Crippen LogP contribution < -0.4 is 0 Å². The Morgan fingerprint density at radius 1 is 1.38 bits per heavy atom. The Morgan fingerprint density at radius 3 is 2.31 bits per heavy atom. The SMILES string of the molecule is C=C(C)C(=O)OOCC(CC)CC. The van der Waals surface area contributed by atoms with Crippen LogP contribution in [0.2, 0.25) is 0 Å². The molecule has 0 aromatic rings. The summed E-state index contributed by atoms with van der Waals surface area (Å²) in [6, 6.07) is 0. The highest BCUT2D eigenvalue weighted by Gasteiger charge is 2.07. The monoisotopic (exact) mass is 186 g/mol. The van der Waals surface area contributed by atoms with Crippen LogP contribution in [0.1, 0.15) is 33.6 Å². The highest BCUT2D eigenvalue weighted by Crippen LogP contribution is 2.07. The molecule has 0 aliphatic rings. The fraction of sp³-hybridized carbons (Fsp3) is 0.700. The van der Waals surface area contributed by atoms with E-state index in [0.29, 0.717) is 18.1 Å². The van der Waals surface area contributed by atoms with E-state index in [9.17, 15) is 4.79 Å². The second-order valence-electron chi connectivity index (χ2n) is 3.12. The molecule has 3 heteroatoms. The molecule has 13 heavy (non-hydrogen) atoms. The van der Waals surface area contributed by atoms with E-state index in [0.717, 1.165) is 12.8 Å². The van der Waals surface area contributed by atoms with Crippen LogP contribution in [0.3, 0.4) is 0 Å². The van der Waals surface area contributed by atoms with Crippen molar-refractivity contribution in [1.82, 2.24) is 0 Å². The Balaban J connectivity index is 3.54. The zero-order valence-electron chi connectivity index (χ0n) is 8.63. The number of hydrogen-bond acceptors (Lipinski definition) is 3. The van der Waals surface area contributed by atoms with Crippen molar-refractivity contribution in [2.45, 2.75) is 33.6 Å². The average Bonchev–Trinajstić information content (AvgIpc) is 2.12. The molecule has 0 fully saturated rings. The lowest BCUT2D eigenvalue weighted by molar-refractivity contribution is -0.274. The Hall–Kier alpha value is -0.830. The molecule has 3 nitrogen and oxygen atoms in total. The van der Waals surface area contributed by atoms with Gasteiger partial charge in [0, 0.05) is 5.57 Å². The van der Waals surface area contributed by atoms with Crippen molar-refractivity contribution in [3.8, 4) is 0 Å². The van der Waals surface area contributed by atoms with Gasteiger partial charge >= 0.3 is 5.97 Å². The Morgan fingerprint density at radius 2 is 1.92 bits per heavy atom. The summed E-state index contributed by atoms with van der Waals surface area (Å²) >= 11 is 0. The number of carbonyl (C=O) groups excluding carboxylic acids is 1. The molecule has 0 saturated carbocycles. The molecule has 0 amide bonds. The van der Waals surface area contributed by atoms with Crippen molar-refractivity contribution < 1.29 is 14.6 Å². The van der Waals surface area contributed by atoms with E-state index in [1.165, 1.54) is 0 Å². The Kier molecular flexibility index (Phi) is 6.24. The van der Waals surface area contributed by atoms with E-state index >= 15 is 0 Å². The molecule has 0 spiro atoms. The predicted octanol–water partition coefficient (Wildman–Crippen LogP) is 2.47. The third-order valence-corrected chi connectivity index (χ3v) is 1.94. The quantitative estimate of drug-likeness (QED) is 0.363. The molecule has 0 radical (unpaired) electrons. The minimum atomic E-state index is -0.494. The van der Waals surface area contributed by atoms with Gasteiger partial charge in [0.15, 0.2) is 0 Å². The number of rotatable bonds is 6. The Bertz CT molecular complexity index is 171. The van der Waals surface area contributed by atoms with Crippen LogP contribution in [-0.4, -0.2) is 12.6 Å². The van der Waals surface area contributed by atoms with Crippen LogP contribution in [0.5, 0.6) is 0 Å². The van der Waals surface area contributed by atoms with Crippen molar-refractivity contribution >= 4 is 5.97 Å². The van der Waals surface area contributed by atoms with Gasteiger partial charge in [0.1, 0.15) is 0 Å². The summed E-state index contributed by atoms with van der Waals surface area (Å²) in [4.78, 5) is 20.1. The van der Waals surface area contributed by atoms with Crippen molar-refractivity contribution in [2.75, 3.05) is 6.61 Å². The summed E-state index contributed by atoms with van der Waals surface area (Å²) in [7, 11) is 0. The molecule has 0 N–H and O–H groups in total. The van der Waals surface area contributed by atoms with Gasteiger partial charge in [0.25, 0.3) is 0 Å². The van der Waals surface area contributed by atoms with Gasteiger partial charge in [0.2, 0.25) is 0 Å². The maximum atomic E-state index is 10.9. The van der Waals surface area contributed by atoms with Crippen LogP contribution in [0.25, 0.3) is 0 Å². The Labute approximate surface area is 79.7 Å². The molecule has 0 aromatic heterocycles. The second kappa shape index (κ2) is 6.66. The first kappa shape index (κ1) is 12.2. The standard InChI is InChI=1S/C10H18O3/c1-5-9(6-2)7-12-13-10(11)8(3)4/h9H,3,5-7H2,1-2,4H3. The lowest BCUT2D eigenvalue weighted by Crippen LogP contribution is -2.12. The van der Waals surface area contributed by atoms with Crippen LogP contribution >= 0.6 is 0 Å². The summed E-state index contributed by atoms with van der Waals surface area (Å²) < 4.78 is 0. The first-order valence-electron chi connectivity index (χ1n) is 4.61. The molecule has 0 atom stereocenters. The van der Waals surface area contributed by atoms with Gasteiger partial charge < -0.3 is 0 Å². The zero-order chi connectivity index (χ0) is 10.3. The molecule has 0 unspecified atom stereocenters. The van der Waals surface area contributed by atoms with Gasteiger partial charge in [-0.25, -0.2) is 4.79 Å². The molecule has 0 aromatic carbocycles. The molecule has 0 bridgehead atoms. The molecular formula is C10H18O3. The fourth-order valence-electron chi connectivity index (χ4n) is 0.779. The minimum absolute atomic E-state index is 0.351. The van der Waals surface area contributed by atoms with E-state index in [-0.39, 0.29) is 0 Å². The molecular weight excluding hydrogens is 168 g/mol. The normalized spacial score (nSPS) is 10.2. The smallest absolute Gasteiger partial charge is 0.293 e. The lowest BCUT2D eigenvalue weighted by atomic mass is 10.1. The van der Waals surface area contributed by atoms with Crippen molar-refractivity contribution in [3.63, 3.8) is 0 Å². The highest BCUT2D eigenvalue weighted by atomic mass is 17.2. The van der Waals surface area contributed by atoms with E-state index in [4.69, 9.17) is 4.89 Å². The minimum Gasteiger partial charge on any atom is -0.293 e. The summed E-state index contributed by atoms with van der Waals surface area (Å²) in [6.45, 7) is 9.65. The van der Waals surface area contributed by atoms with Crippen LogP contribution in [-0.2, 0) is 14.6 Å². The maximum Gasteiger partial charge on any atom is 0.368 e. The van der Waals surface area contributed by atoms with Gasteiger partial charge in [-0.2, -0.15) is 4.89 Å². The summed E-state index contributed by atoms with van der Waals surface area (Å²) in [5.74, 6) is -0.0381. The predicted molar refractivity (Wildman–Crippen MR) is 50.9 cm³/mol. The topological polar surface area (TPSA) is 35.5 Å². The number of carbonyl (C=O) groups is 1. The fourth-order valence-corrected chi connectivity index (χ4v) is 0.779. The van der Waals surface area contributed by atoms with Gasteiger partial charge in [-0.1, -0.05) is 33.3 Å². The van der Waals surface area contributed by atoms with Gasteiger partial charge in [-0.3, -0.25) is 4.89 Å². The molecule has 0 aliphatic carbocycles. The van der Waals surface area contributed by atoms with Crippen molar-refractivity contribution in [3.05, 3.63) is 12.2 Å². The van der Waals surface area contributed by atoms with Crippen molar-refractivity contribution in [1.29, 1.82) is 0 Å². The van der Waals surface area contributed by atoms with Crippen LogP contribution in [0, 0.1) is 5.92 Å². The lowest BCUT2D eigenvalue weighted by Gasteiger charge is -2.10. The first-order chi connectivity index (χ1) is 6.11. The van der Waals surface area contributed by atoms with E-state index in [1.54, 1.807) is 6.92 Å². The molecule has 76 valence electrons. The third-order valence-electron chi connectivity index (χ3n) is 1.94. The number of hydrogen-bond donors (Lipinski definition) is 0. The first-order valence-corrected chi connectivity index (χ1v) is 4.61. The largest absolute Gasteiger partial charge is 0.368 e. The van der Waals surface area contributed by atoms with Crippen molar-refractivity contribution in [2.24, 2.45) is 5.92 Å². The third kappa shape index (κ3) is 5.42. The summed E-state index contributed by atoms with van der Waals surface area (Å²) in [6.07, 6.45) is 2.06. The van der Waals surface area contributed by atoms with Gasteiger partial charge in [-0.05, 0) is 12.8 Å². The average molecular weight is 186 g/mol. The molecule has 0 heterocycles. The van der Waals surface area contributed by atoms with E-state index in [1.807, 2.05) is 0 Å².